The molecule has 0 saturated heterocycles. The largest absolute Gasteiger partial charge is 0.465 e. The maximum atomic E-state index is 12.3. The minimum Gasteiger partial charge on any atom is -0.465 e. The molecule has 9 heteroatoms. The molecule has 1 aliphatic heterocycles. The van der Waals surface area contributed by atoms with Gasteiger partial charge in [0.2, 0.25) is 5.91 Å². The summed E-state index contributed by atoms with van der Waals surface area (Å²) in [6.45, 7) is 1.48. The van der Waals surface area contributed by atoms with Gasteiger partial charge >= 0.3 is 5.97 Å². The lowest BCUT2D eigenvalue weighted by atomic mass is 10.1. The highest BCUT2D eigenvalue weighted by atomic mass is 35.5. The molecule has 6 nitrogen and oxygen atoms in total. The maximum absolute atomic E-state index is 12.3. The van der Waals surface area contributed by atoms with Gasteiger partial charge in [-0.05, 0) is 23.4 Å². The van der Waals surface area contributed by atoms with E-state index in [-0.39, 0.29) is 22.5 Å². The zero-order valence-corrected chi connectivity index (χ0v) is 14.7. The van der Waals surface area contributed by atoms with E-state index in [1.807, 2.05) is 4.90 Å². The van der Waals surface area contributed by atoms with Gasteiger partial charge in [-0.3, -0.25) is 4.79 Å². The van der Waals surface area contributed by atoms with Gasteiger partial charge in [-0.25, -0.2) is 9.78 Å². The predicted molar refractivity (Wildman–Crippen MR) is 90.4 cm³/mol. The van der Waals surface area contributed by atoms with Crippen LogP contribution >= 0.6 is 34.3 Å². The van der Waals surface area contributed by atoms with E-state index in [4.69, 9.17) is 11.6 Å². The summed E-state index contributed by atoms with van der Waals surface area (Å²) in [5.41, 5.74) is 1.22. The zero-order valence-electron chi connectivity index (χ0n) is 12.3. The van der Waals surface area contributed by atoms with Gasteiger partial charge in [0.25, 0.3) is 0 Å². The SMILES string of the molecule is COC(=O)c1sc(NCC(=O)N2CCc3sccc3C2)nc1Cl. The minimum atomic E-state index is -0.534. The molecule has 0 fully saturated rings. The average molecular weight is 372 g/mol. The first-order chi connectivity index (χ1) is 11.1. The Morgan fingerprint density at radius 1 is 1.52 bits per heavy atom. The van der Waals surface area contributed by atoms with Gasteiger partial charge in [0.05, 0.1) is 13.7 Å². The predicted octanol–water partition coefficient (Wildman–Crippen LogP) is 2.64. The monoisotopic (exact) mass is 371 g/mol. The fraction of sp³-hybridized carbons (Fsp3) is 0.357. The number of thiazole rings is 1. The van der Waals surface area contributed by atoms with Crippen molar-refractivity contribution < 1.29 is 14.3 Å². The van der Waals surface area contributed by atoms with Crippen LogP contribution in [0.3, 0.4) is 0 Å². The molecular weight excluding hydrogens is 358 g/mol. The van der Waals surface area contributed by atoms with E-state index < -0.39 is 5.97 Å². The van der Waals surface area contributed by atoms with Crippen molar-refractivity contribution in [3.8, 4) is 0 Å². The van der Waals surface area contributed by atoms with Crippen LogP contribution in [0.15, 0.2) is 11.4 Å². The molecule has 1 N–H and O–H groups in total. The van der Waals surface area contributed by atoms with Crippen molar-refractivity contribution in [3.05, 3.63) is 31.9 Å². The topological polar surface area (TPSA) is 71.5 Å². The number of ether oxygens (including phenoxy) is 1. The van der Waals surface area contributed by atoms with Gasteiger partial charge in [0, 0.05) is 18.0 Å². The van der Waals surface area contributed by atoms with Crippen molar-refractivity contribution in [2.45, 2.75) is 13.0 Å². The molecule has 0 spiro atoms. The minimum absolute atomic E-state index is 0.00668. The van der Waals surface area contributed by atoms with Crippen LogP contribution in [0.25, 0.3) is 0 Å². The maximum Gasteiger partial charge on any atom is 0.351 e. The average Bonchev–Trinajstić information content (AvgIpc) is 3.17. The molecule has 23 heavy (non-hydrogen) atoms. The normalized spacial score (nSPS) is 13.6. The summed E-state index contributed by atoms with van der Waals surface area (Å²) in [6, 6.07) is 2.07. The molecule has 0 bridgehead atoms. The first-order valence-corrected chi connectivity index (χ1v) is 8.97. The van der Waals surface area contributed by atoms with Crippen molar-refractivity contribution in [2.24, 2.45) is 0 Å². The smallest absolute Gasteiger partial charge is 0.351 e. The highest BCUT2D eigenvalue weighted by Gasteiger charge is 2.22. The van der Waals surface area contributed by atoms with Gasteiger partial charge in [-0.1, -0.05) is 22.9 Å². The quantitative estimate of drug-likeness (QED) is 0.836. The van der Waals surface area contributed by atoms with Crippen molar-refractivity contribution in [1.82, 2.24) is 9.88 Å². The number of fused-ring (bicyclic) bond motifs is 1. The Morgan fingerprint density at radius 3 is 3.13 bits per heavy atom. The van der Waals surface area contributed by atoms with Crippen LogP contribution in [0.1, 0.15) is 20.1 Å². The van der Waals surface area contributed by atoms with Gasteiger partial charge in [-0.15, -0.1) is 11.3 Å². The summed E-state index contributed by atoms with van der Waals surface area (Å²) in [4.78, 5) is 31.2. The van der Waals surface area contributed by atoms with Crippen LogP contribution in [-0.2, 0) is 22.5 Å². The number of carbonyl (C=O) groups is 2. The van der Waals surface area contributed by atoms with Crippen LogP contribution in [0.2, 0.25) is 5.15 Å². The standard InChI is InChI=1S/C14H14ClN3O3S2/c1-21-13(20)11-12(15)17-14(23-11)16-6-10(19)18-4-2-9-8(7-18)3-5-22-9/h3,5H,2,4,6-7H2,1H3,(H,16,17). The van der Waals surface area contributed by atoms with E-state index in [1.165, 1.54) is 17.6 Å². The molecule has 1 aliphatic rings. The summed E-state index contributed by atoms with van der Waals surface area (Å²) in [5, 5.41) is 5.49. The number of thiophene rings is 1. The Bertz CT molecular complexity index is 743. The number of hydrogen-bond donors (Lipinski definition) is 1. The first kappa shape index (κ1) is 16.2. The number of carbonyl (C=O) groups excluding carboxylic acids is 2. The van der Waals surface area contributed by atoms with E-state index in [1.54, 1.807) is 11.3 Å². The second kappa shape index (κ2) is 6.86. The molecule has 0 radical (unpaired) electrons. The second-order valence-corrected chi connectivity index (χ2v) is 7.28. The lowest BCUT2D eigenvalue weighted by Gasteiger charge is -2.27. The molecule has 2 aromatic heterocycles. The lowest BCUT2D eigenvalue weighted by Crippen LogP contribution is -2.38. The van der Waals surface area contributed by atoms with Gasteiger partial charge in [0.15, 0.2) is 15.2 Å². The first-order valence-electron chi connectivity index (χ1n) is 6.90. The Balaban J connectivity index is 1.58. The van der Waals surface area contributed by atoms with E-state index >= 15 is 0 Å². The molecule has 0 aromatic carbocycles. The Hall–Kier alpha value is -1.64. The lowest BCUT2D eigenvalue weighted by molar-refractivity contribution is -0.130. The van der Waals surface area contributed by atoms with Crippen molar-refractivity contribution in [3.63, 3.8) is 0 Å². The molecule has 0 atom stereocenters. The van der Waals surface area contributed by atoms with E-state index in [0.29, 0.717) is 11.7 Å². The molecule has 122 valence electrons. The number of rotatable bonds is 4. The molecular formula is C14H14ClN3O3S2. The van der Waals surface area contributed by atoms with E-state index in [2.05, 4.69) is 26.5 Å². The molecule has 0 unspecified atom stereocenters. The van der Waals surface area contributed by atoms with Gasteiger partial charge in [-0.2, -0.15) is 0 Å². The summed E-state index contributed by atoms with van der Waals surface area (Å²) in [6.07, 6.45) is 0.897. The van der Waals surface area contributed by atoms with Crippen molar-refractivity contribution >= 4 is 51.3 Å². The number of anilines is 1. The van der Waals surface area contributed by atoms with Crippen molar-refractivity contribution in [1.29, 1.82) is 0 Å². The highest BCUT2D eigenvalue weighted by Crippen LogP contribution is 2.28. The molecule has 0 aliphatic carbocycles. The fourth-order valence-corrected chi connectivity index (χ4v) is 4.31. The molecule has 2 aromatic rings. The number of hydrogen-bond acceptors (Lipinski definition) is 7. The van der Waals surface area contributed by atoms with Crippen LogP contribution in [-0.4, -0.2) is 42.0 Å². The van der Waals surface area contributed by atoms with E-state index in [0.717, 1.165) is 24.3 Å². The number of nitrogens with one attached hydrogen (secondary N) is 1. The third-order valence-corrected chi connectivity index (χ3v) is 5.91. The summed E-state index contributed by atoms with van der Waals surface area (Å²) in [5.74, 6) is -0.541. The summed E-state index contributed by atoms with van der Waals surface area (Å²) < 4.78 is 4.62. The third-order valence-electron chi connectivity index (χ3n) is 3.51. The van der Waals surface area contributed by atoms with Crippen LogP contribution in [0.5, 0.6) is 0 Å². The number of methoxy groups -OCH3 is 1. The molecule has 0 saturated carbocycles. The third kappa shape index (κ3) is 3.49. The van der Waals surface area contributed by atoms with Gasteiger partial charge < -0.3 is 15.0 Å². The summed E-state index contributed by atoms with van der Waals surface area (Å²) >= 11 is 8.70. The number of aromatic nitrogens is 1. The number of nitrogens with zero attached hydrogens (tertiary/aromatic N) is 2. The molecule has 3 rings (SSSR count). The zero-order chi connectivity index (χ0) is 16.4. The molecule has 1 amide bonds. The highest BCUT2D eigenvalue weighted by molar-refractivity contribution is 7.18. The van der Waals surface area contributed by atoms with Crippen LogP contribution in [0.4, 0.5) is 5.13 Å². The van der Waals surface area contributed by atoms with Crippen LogP contribution in [0, 0.1) is 0 Å². The van der Waals surface area contributed by atoms with Gasteiger partial charge in [0.1, 0.15) is 0 Å². The summed E-state index contributed by atoms with van der Waals surface area (Å²) in [7, 11) is 1.28. The van der Waals surface area contributed by atoms with E-state index in [9.17, 15) is 9.59 Å². The number of esters is 1. The fourth-order valence-electron chi connectivity index (χ4n) is 2.32. The Labute approximate surface area is 146 Å². The number of amides is 1. The molecule has 3 heterocycles. The van der Waals surface area contributed by atoms with Crippen LogP contribution < -0.4 is 5.32 Å². The van der Waals surface area contributed by atoms with Crippen molar-refractivity contribution in [2.75, 3.05) is 25.5 Å². The Kier molecular flexibility index (Phi) is 4.84. The Morgan fingerprint density at radius 2 is 2.35 bits per heavy atom. The second-order valence-electron chi connectivity index (χ2n) is 4.92. The number of halogens is 1.